The largest absolute Gasteiger partial charge is 0.490 e. The molecule has 0 spiro atoms. The first-order chi connectivity index (χ1) is 13.4. The minimum absolute atomic E-state index is 0.314. The van der Waals surface area contributed by atoms with Gasteiger partial charge in [0, 0.05) is 5.56 Å². The van der Waals surface area contributed by atoms with Crippen LogP contribution in [0.2, 0.25) is 0 Å². The summed E-state index contributed by atoms with van der Waals surface area (Å²) < 4.78 is 5.50. The topological polar surface area (TPSA) is 51.1 Å². The van der Waals surface area contributed by atoms with Crippen LogP contribution in [0.5, 0.6) is 5.75 Å². The second kappa shape index (κ2) is 8.40. The zero-order chi connectivity index (χ0) is 20.3. The zero-order valence-corrected chi connectivity index (χ0v) is 16.7. The van der Waals surface area contributed by atoms with Crippen LogP contribution in [0, 0.1) is 0 Å². The Hall–Kier alpha value is -2.92. The molecule has 1 heterocycles. The molecule has 146 valence electrons. The fourth-order valence-electron chi connectivity index (χ4n) is 3.37. The van der Waals surface area contributed by atoms with Gasteiger partial charge in [-0.1, -0.05) is 32.6 Å². The van der Waals surface area contributed by atoms with E-state index in [1.165, 1.54) is 0 Å². The first-order valence-corrected chi connectivity index (χ1v) is 9.54. The molecule has 0 radical (unpaired) electrons. The molecular weight excluding hydrogens is 352 g/mol. The molecule has 0 fully saturated rings. The van der Waals surface area contributed by atoms with Crippen LogP contribution in [0.3, 0.4) is 0 Å². The van der Waals surface area contributed by atoms with Gasteiger partial charge in [0.25, 0.3) is 5.78 Å². The summed E-state index contributed by atoms with van der Waals surface area (Å²) in [6.07, 6.45) is 1.71. The van der Waals surface area contributed by atoms with Gasteiger partial charge in [0.1, 0.15) is 18.9 Å². The van der Waals surface area contributed by atoms with E-state index in [2.05, 4.69) is 20.4 Å². The van der Waals surface area contributed by atoms with Crippen LogP contribution in [0.4, 0.5) is 5.69 Å². The fraction of sp³-hybridized carbons (Fsp3) is 0.304. The third kappa shape index (κ3) is 4.15. The molecule has 0 aromatic heterocycles. The molecule has 1 unspecified atom stereocenters. The molecule has 3 rings (SSSR count). The predicted molar refractivity (Wildman–Crippen MR) is 110 cm³/mol. The molecule has 1 aliphatic heterocycles. The van der Waals surface area contributed by atoms with Crippen LogP contribution in [0.1, 0.15) is 41.3 Å². The number of amides is 1. The van der Waals surface area contributed by atoms with Gasteiger partial charge in [0.2, 0.25) is 0 Å². The Balaban J connectivity index is 1.69. The number of ether oxygens (including phenoxy) is 1. The molecule has 0 bridgehead atoms. The first-order valence-electron chi connectivity index (χ1n) is 9.54. The van der Waals surface area contributed by atoms with Gasteiger partial charge in [0.05, 0.1) is 18.3 Å². The maximum atomic E-state index is 12.5. The van der Waals surface area contributed by atoms with E-state index in [9.17, 15) is 9.59 Å². The third-order valence-corrected chi connectivity index (χ3v) is 4.89. The van der Waals surface area contributed by atoms with Gasteiger partial charge in [0.15, 0.2) is 6.67 Å². The van der Waals surface area contributed by atoms with E-state index in [1.807, 2.05) is 49.5 Å². The summed E-state index contributed by atoms with van der Waals surface area (Å²) in [7, 11) is 2.01. The lowest BCUT2D eigenvalue weighted by Crippen LogP contribution is -3.09. The average Bonchev–Trinajstić information content (AvgIpc) is 2.92. The number of ketones is 1. The summed E-state index contributed by atoms with van der Waals surface area (Å²) in [6.45, 7) is 9.44. The summed E-state index contributed by atoms with van der Waals surface area (Å²) in [5.41, 5.74) is 3.44. The molecule has 2 aromatic rings. The van der Waals surface area contributed by atoms with Gasteiger partial charge in [-0.15, -0.1) is 0 Å². The van der Waals surface area contributed by atoms with Crippen LogP contribution >= 0.6 is 0 Å². The monoisotopic (exact) mass is 379 g/mol. The summed E-state index contributed by atoms with van der Waals surface area (Å²) in [5.74, 6) is 0.267. The third-order valence-electron chi connectivity index (χ3n) is 4.89. The van der Waals surface area contributed by atoms with Crippen LogP contribution in [0.25, 0.3) is 0 Å². The van der Waals surface area contributed by atoms with E-state index < -0.39 is 11.7 Å². The summed E-state index contributed by atoms with van der Waals surface area (Å²) in [6, 6.07) is 13.6. The molecule has 1 atom stereocenters. The van der Waals surface area contributed by atoms with Crippen LogP contribution < -0.4 is 14.5 Å². The smallest absolute Gasteiger partial charge is 0.303 e. The molecule has 1 amide bonds. The number of carbonyl (C=O) groups excluding carboxylic acids is 2. The lowest BCUT2D eigenvalue weighted by Gasteiger charge is -2.22. The van der Waals surface area contributed by atoms with E-state index in [1.54, 1.807) is 11.0 Å². The van der Waals surface area contributed by atoms with Gasteiger partial charge in [-0.3, -0.25) is 14.5 Å². The number of hydrogen-bond acceptors (Lipinski definition) is 3. The van der Waals surface area contributed by atoms with Gasteiger partial charge >= 0.3 is 5.91 Å². The Morgan fingerprint density at radius 1 is 1.14 bits per heavy atom. The second-order valence-electron chi connectivity index (χ2n) is 7.53. The Bertz CT molecular complexity index is 887. The lowest BCUT2D eigenvalue weighted by molar-refractivity contribution is -0.892. The van der Waals surface area contributed by atoms with Crippen molar-refractivity contribution in [3.05, 3.63) is 71.8 Å². The highest BCUT2D eigenvalue weighted by Crippen LogP contribution is 2.31. The Morgan fingerprint density at radius 3 is 2.50 bits per heavy atom. The number of fused-ring (bicyclic) bond motifs is 1. The van der Waals surface area contributed by atoms with Crippen molar-refractivity contribution in [3.63, 3.8) is 0 Å². The van der Waals surface area contributed by atoms with Gasteiger partial charge in [-0.05, 0) is 47.9 Å². The lowest BCUT2D eigenvalue weighted by atomic mass is 9.99. The molecular formula is C23H27N2O3+. The van der Waals surface area contributed by atoms with Gasteiger partial charge < -0.3 is 9.64 Å². The molecule has 5 nitrogen and oxygen atoms in total. The number of carbonyl (C=O) groups is 2. The molecule has 28 heavy (non-hydrogen) atoms. The number of hydrogen-bond donors (Lipinski definition) is 1. The van der Waals surface area contributed by atoms with Crippen molar-refractivity contribution in [2.75, 3.05) is 25.2 Å². The van der Waals surface area contributed by atoms with E-state index in [0.717, 1.165) is 28.3 Å². The Labute approximate surface area is 166 Å². The molecule has 1 aliphatic rings. The standard InChI is InChI=1S/C23H26N2O3/c1-5-12-28-19-9-6-17(7-10-19)14-24(4)15-25-21-11-8-18(16(2)3)13-20(21)22(26)23(25)27/h5-11,13,16H,1,12,14-15H2,2-4H3/p+1. The zero-order valence-electron chi connectivity index (χ0n) is 16.7. The van der Waals surface area contributed by atoms with Crippen molar-refractivity contribution in [3.8, 4) is 5.75 Å². The van der Waals surface area contributed by atoms with Gasteiger partial charge in [-0.25, -0.2) is 0 Å². The second-order valence-corrected chi connectivity index (χ2v) is 7.53. The van der Waals surface area contributed by atoms with Crippen molar-refractivity contribution < 1.29 is 19.2 Å². The highest BCUT2D eigenvalue weighted by Gasteiger charge is 2.37. The number of benzene rings is 2. The normalized spacial score (nSPS) is 14.4. The fourth-order valence-corrected chi connectivity index (χ4v) is 3.37. The highest BCUT2D eigenvalue weighted by atomic mass is 16.5. The molecule has 0 saturated carbocycles. The minimum Gasteiger partial charge on any atom is -0.490 e. The quantitative estimate of drug-likeness (QED) is 0.567. The van der Waals surface area contributed by atoms with Crippen LogP contribution in [-0.2, 0) is 11.3 Å². The van der Waals surface area contributed by atoms with E-state index in [0.29, 0.717) is 30.4 Å². The van der Waals surface area contributed by atoms with E-state index in [-0.39, 0.29) is 0 Å². The molecule has 5 heteroatoms. The SMILES string of the molecule is C=CCOc1ccc(C[NH+](C)CN2C(=O)C(=O)c3cc(C(C)C)ccc32)cc1. The molecule has 1 N–H and O–H groups in total. The van der Waals surface area contributed by atoms with E-state index >= 15 is 0 Å². The van der Waals surface area contributed by atoms with Crippen molar-refractivity contribution in [1.29, 1.82) is 0 Å². The number of quaternary nitrogens is 1. The van der Waals surface area contributed by atoms with Crippen molar-refractivity contribution in [2.45, 2.75) is 26.3 Å². The Kier molecular flexibility index (Phi) is 5.95. The summed E-state index contributed by atoms with van der Waals surface area (Å²) in [4.78, 5) is 27.6. The number of anilines is 1. The van der Waals surface area contributed by atoms with Crippen LogP contribution in [0.15, 0.2) is 55.1 Å². The van der Waals surface area contributed by atoms with Crippen molar-refractivity contribution >= 4 is 17.4 Å². The van der Waals surface area contributed by atoms with E-state index in [4.69, 9.17) is 4.74 Å². The minimum atomic E-state index is -0.441. The first kappa shape index (κ1) is 19.8. The maximum absolute atomic E-state index is 12.5. The van der Waals surface area contributed by atoms with Gasteiger partial charge in [-0.2, -0.15) is 0 Å². The molecule has 2 aromatic carbocycles. The summed E-state index contributed by atoms with van der Waals surface area (Å²) in [5, 5.41) is 0. The van der Waals surface area contributed by atoms with Crippen molar-refractivity contribution in [2.24, 2.45) is 0 Å². The number of Topliss-reactive ketones (excluding diaryl/α,β-unsaturated/α-hetero) is 1. The number of nitrogens with zero attached hydrogens (tertiary/aromatic N) is 1. The van der Waals surface area contributed by atoms with Crippen molar-refractivity contribution in [1.82, 2.24) is 0 Å². The number of rotatable bonds is 8. The average molecular weight is 379 g/mol. The maximum Gasteiger partial charge on any atom is 0.303 e. The summed E-state index contributed by atoms with van der Waals surface area (Å²) >= 11 is 0. The molecule has 0 aliphatic carbocycles. The predicted octanol–water partition coefficient (Wildman–Crippen LogP) is 2.58. The number of nitrogens with one attached hydrogen (secondary N) is 1. The van der Waals surface area contributed by atoms with Crippen LogP contribution in [-0.4, -0.2) is 32.0 Å². The highest BCUT2D eigenvalue weighted by molar-refractivity contribution is 6.52. The Morgan fingerprint density at radius 2 is 1.86 bits per heavy atom. The molecule has 0 saturated heterocycles.